The van der Waals surface area contributed by atoms with E-state index in [-0.39, 0.29) is 17.2 Å². The molecule has 0 aliphatic carbocycles. The molecule has 94 valence electrons. The number of aromatic nitrogens is 1. The lowest BCUT2D eigenvalue weighted by Crippen LogP contribution is -2.60. The Morgan fingerprint density at radius 2 is 2.29 bits per heavy atom. The third kappa shape index (κ3) is 1.64. The molecular weight excluding hydrogens is 236 g/mol. The van der Waals surface area contributed by atoms with Crippen LogP contribution in [0.25, 0.3) is 0 Å². The first-order valence-corrected chi connectivity index (χ1v) is 6.85. The van der Waals surface area contributed by atoms with E-state index in [0.29, 0.717) is 0 Å². The summed E-state index contributed by atoms with van der Waals surface area (Å²) in [5.74, 6) is 0. The van der Waals surface area contributed by atoms with Crippen molar-refractivity contribution in [3.8, 4) is 0 Å². The molecule has 17 heavy (non-hydrogen) atoms. The van der Waals surface area contributed by atoms with Crippen LogP contribution < -0.4 is 5.32 Å². The predicted molar refractivity (Wildman–Crippen MR) is 66.2 cm³/mol. The van der Waals surface area contributed by atoms with Crippen LogP contribution in [0.1, 0.15) is 31.2 Å². The standard InChI is InChI=1S/C12H18N2O2S/c1-11(2)12(4-7-15-11)10(13-6-8-16-12)9-3-5-14-17-9/h3,5,10,13H,4,6-8H2,1-2H3. The maximum atomic E-state index is 6.17. The predicted octanol–water partition coefficient (Wildman–Crippen LogP) is 1.74. The van der Waals surface area contributed by atoms with E-state index >= 15 is 0 Å². The quantitative estimate of drug-likeness (QED) is 0.829. The zero-order chi connectivity index (χ0) is 11.9. The number of morpholine rings is 1. The van der Waals surface area contributed by atoms with Gasteiger partial charge in [-0.2, -0.15) is 0 Å². The van der Waals surface area contributed by atoms with Crippen molar-refractivity contribution >= 4 is 11.5 Å². The lowest BCUT2D eigenvalue weighted by atomic mass is 9.77. The molecule has 2 aliphatic rings. The van der Waals surface area contributed by atoms with E-state index in [1.54, 1.807) is 11.5 Å². The van der Waals surface area contributed by atoms with Crippen molar-refractivity contribution in [3.05, 3.63) is 17.1 Å². The molecule has 3 heterocycles. The largest absolute Gasteiger partial charge is 0.372 e. The number of nitrogens with zero attached hydrogens (tertiary/aromatic N) is 1. The molecule has 1 spiro atoms. The summed E-state index contributed by atoms with van der Waals surface area (Å²) in [6, 6.07) is 2.27. The van der Waals surface area contributed by atoms with Gasteiger partial charge in [-0.05, 0) is 31.4 Å². The Morgan fingerprint density at radius 1 is 1.41 bits per heavy atom. The molecule has 0 radical (unpaired) electrons. The molecule has 1 aromatic heterocycles. The van der Waals surface area contributed by atoms with Gasteiger partial charge in [0.1, 0.15) is 5.60 Å². The van der Waals surface area contributed by atoms with Gasteiger partial charge in [0.25, 0.3) is 0 Å². The van der Waals surface area contributed by atoms with Crippen molar-refractivity contribution in [1.82, 2.24) is 9.69 Å². The van der Waals surface area contributed by atoms with Gasteiger partial charge in [0.05, 0.1) is 24.9 Å². The summed E-state index contributed by atoms with van der Waals surface area (Å²) < 4.78 is 16.3. The first-order chi connectivity index (χ1) is 8.16. The molecule has 0 bridgehead atoms. The second-order valence-corrected chi connectivity index (χ2v) is 6.01. The Labute approximate surface area is 105 Å². The number of ether oxygens (including phenoxy) is 2. The number of hydrogen-bond donors (Lipinski definition) is 1. The lowest BCUT2D eigenvalue weighted by molar-refractivity contribution is -0.171. The fourth-order valence-corrected chi connectivity index (χ4v) is 3.75. The molecular formula is C12H18N2O2S. The molecule has 2 fully saturated rings. The van der Waals surface area contributed by atoms with Gasteiger partial charge in [-0.25, -0.2) is 4.37 Å². The van der Waals surface area contributed by atoms with E-state index in [1.807, 2.05) is 6.20 Å². The molecule has 1 aromatic rings. The molecule has 2 unspecified atom stereocenters. The first kappa shape index (κ1) is 11.6. The van der Waals surface area contributed by atoms with Gasteiger partial charge < -0.3 is 14.8 Å². The number of nitrogens with one attached hydrogen (secondary N) is 1. The summed E-state index contributed by atoms with van der Waals surface area (Å²) in [5.41, 5.74) is -0.507. The zero-order valence-electron chi connectivity index (χ0n) is 10.2. The van der Waals surface area contributed by atoms with E-state index < -0.39 is 0 Å². The average molecular weight is 254 g/mol. The van der Waals surface area contributed by atoms with Crippen LogP contribution >= 0.6 is 11.5 Å². The van der Waals surface area contributed by atoms with Gasteiger partial charge >= 0.3 is 0 Å². The van der Waals surface area contributed by atoms with Crippen molar-refractivity contribution in [1.29, 1.82) is 0 Å². The topological polar surface area (TPSA) is 43.4 Å². The third-order valence-electron chi connectivity index (χ3n) is 3.97. The normalized spacial score (nSPS) is 36.5. The fraction of sp³-hybridized carbons (Fsp3) is 0.750. The molecule has 0 aromatic carbocycles. The molecule has 2 atom stereocenters. The summed E-state index contributed by atoms with van der Waals surface area (Å²) in [7, 11) is 0. The van der Waals surface area contributed by atoms with Crippen LogP contribution in [-0.2, 0) is 9.47 Å². The Hall–Kier alpha value is -0.490. The summed E-state index contributed by atoms with van der Waals surface area (Å²) >= 11 is 1.54. The van der Waals surface area contributed by atoms with E-state index in [2.05, 4.69) is 29.6 Å². The SMILES string of the molecule is CC1(C)OCCC12OCCNC2c1ccns1. The Bertz CT molecular complexity index is 393. The van der Waals surface area contributed by atoms with Crippen LogP contribution in [0.5, 0.6) is 0 Å². The third-order valence-corrected chi connectivity index (χ3v) is 4.78. The van der Waals surface area contributed by atoms with Crippen molar-refractivity contribution < 1.29 is 9.47 Å². The first-order valence-electron chi connectivity index (χ1n) is 6.08. The molecule has 1 N–H and O–H groups in total. The van der Waals surface area contributed by atoms with Crippen LogP contribution in [-0.4, -0.2) is 35.3 Å². The number of hydrogen-bond acceptors (Lipinski definition) is 5. The summed E-state index contributed by atoms with van der Waals surface area (Å²) in [5, 5.41) is 3.58. The summed E-state index contributed by atoms with van der Waals surface area (Å²) in [4.78, 5) is 1.24. The molecule has 4 nitrogen and oxygen atoms in total. The van der Waals surface area contributed by atoms with E-state index in [0.717, 1.165) is 26.2 Å². The Morgan fingerprint density at radius 3 is 2.94 bits per heavy atom. The highest BCUT2D eigenvalue weighted by atomic mass is 32.1. The molecule has 3 rings (SSSR count). The highest BCUT2D eigenvalue weighted by Crippen LogP contribution is 2.48. The second kappa shape index (κ2) is 4.02. The zero-order valence-corrected chi connectivity index (χ0v) is 11.0. The van der Waals surface area contributed by atoms with Gasteiger partial charge in [-0.15, -0.1) is 0 Å². The van der Waals surface area contributed by atoms with Gasteiger partial charge in [-0.1, -0.05) is 0 Å². The van der Waals surface area contributed by atoms with Crippen LogP contribution in [0, 0.1) is 0 Å². The van der Waals surface area contributed by atoms with Crippen molar-refractivity contribution in [2.24, 2.45) is 0 Å². The van der Waals surface area contributed by atoms with Gasteiger partial charge in [-0.3, -0.25) is 0 Å². The van der Waals surface area contributed by atoms with E-state index in [1.165, 1.54) is 4.88 Å². The van der Waals surface area contributed by atoms with Gasteiger partial charge in [0.15, 0.2) is 0 Å². The molecule has 2 aliphatic heterocycles. The second-order valence-electron chi connectivity index (χ2n) is 5.15. The van der Waals surface area contributed by atoms with Crippen LogP contribution in [0.2, 0.25) is 0 Å². The minimum absolute atomic E-state index is 0.196. The van der Waals surface area contributed by atoms with E-state index in [9.17, 15) is 0 Å². The van der Waals surface area contributed by atoms with Crippen molar-refractivity contribution in [3.63, 3.8) is 0 Å². The molecule has 0 saturated carbocycles. The summed E-state index contributed by atoms with van der Waals surface area (Å²) in [6.07, 6.45) is 2.79. The van der Waals surface area contributed by atoms with Crippen LogP contribution in [0.15, 0.2) is 12.3 Å². The minimum Gasteiger partial charge on any atom is -0.372 e. The van der Waals surface area contributed by atoms with Gasteiger partial charge in [0.2, 0.25) is 0 Å². The van der Waals surface area contributed by atoms with E-state index in [4.69, 9.17) is 9.47 Å². The molecule has 2 saturated heterocycles. The number of rotatable bonds is 1. The molecule has 0 amide bonds. The smallest absolute Gasteiger partial charge is 0.119 e. The monoisotopic (exact) mass is 254 g/mol. The van der Waals surface area contributed by atoms with Crippen LogP contribution in [0.4, 0.5) is 0 Å². The fourth-order valence-electron chi connectivity index (χ4n) is 3.01. The Kier molecular flexibility index (Phi) is 2.74. The maximum Gasteiger partial charge on any atom is 0.119 e. The average Bonchev–Trinajstić information content (AvgIpc) is 2.90. The lowest BCUT2D eigenvalue weighted by Gasteiger charge is -2.48. The Balaban J connectivity index is 2.00. The highest BCUT2D eigenvalue weighted by Gasteiger charge is 2.58. The minimum atomic E-state index is -0.255. The van der Waals surface area contributed by atoms with Crippen molar-refractivity contribution in [2.45, 2.75) is 37.5 Å². The van der Waals surface area contributed by atoms with Crippen LogP contribution in [0.3, 0.4) is 0 Å². The van der Waals surface area contributed by atoms with Crippen molar-refractivity contribution in [2.75, 3.05) is 19.8 Å². The molecule has 5 heteroatoms. The maximum absolute atomic E-state index is 6.17. The van der Waals surface area contributed by atoms with Gasteiger partial charge in [0, 0.05) is 24.0 Å². The highest BCUT2D eigenvalue weighted by molar-refractivity contribution is 7.05. The summed E-state index contributed by atoms with van der Waals surface area (Å²) in [6.45, 7) is 6.66.